The van der Waals surface area contributed by atoms with Gasteiger partial charge in [-0.05, 0) is 41.3 Å². The first-order chi connectivity index (χ1) is 10.1. The van der Waals surface area contributed by atoms with Crippen molar-refractivity contribution in [1.29, 1.82) is 0 Å². The number of halogens is 1. The molecule has 3 nitrogen and oxygen atoms in total. The number of hydrogen-bond acceptors (Lipinski definition) is 2. The van der Waals surface area contributed by atoms with Gasteiger partial charge in [-0.3, -0.25) is 4.68 Å². The van der Waals surface area contributed by atoms with E-state index in [-0.39, 0.29) is 0 Å². The van der Waals surface area contributed by atoms with Gasteiger partial charge in [-0.2, -0.15) is 5.10 Å². The Kier molecular flexibility index (Phi) is 5.22. The minimum Gasteiger partial charge on any atom is -0.385 e. The molecule has 0 spiro atoms. The normalized spacial score (nSPS) is 14.1. The topological polar surface area (TPSA) is 38.0 Å². The second kappa shape index (κ2) is 6.75. The van der Waals surface area contributed by atoms with Crippen molar-refractivity contribution in [2.45, 2.75) is 52.2 Å². The Morgan fingerprint density at radius 3 is 2.38 bits per heavy atom. The van der Waals surface area contributed by atoms with Crippen LogP contribution < -0.4 is 0 Å². The van der Waals surface area contributed by atoms with Crippen molar-refractivity contribution in [2.24, 2.45) is 0 Å². The molecule has 1 aromatic carbocycles. The van der Waals surface area contributed by atoms with Crippen molar-refractivity contribution in [3.63, 3.8) is 0 Å². The summed E-state index contributed by atoms with van der Waals surface area (Å²) >= 11 is 3.66. The highest BCUT2D eigenvalue weighted by Gasteiger charge is 2.30. The Hall–Kier alpha value is -1.13. The Morgan fingerprint density at radius 2 is 1.86 bits per heavy atom. The average Bonchev–Trinajstić information content (AvgIpc) is 2.83. The van der Waals surface area contributed by atoms with Crippen LogP contribution in [-0.2, 0) is 25.0 Å². The lowest BCUT2D eigenvalue weighted by atomic mass is 9.86. The fourth-order valence-electron chi connectivity index (χ4n) is 2.64. The minimum absolute atomic E-state index is 0.564. The molecule has 0 bridgehead atoms. The van der Waals surface area contributed by atoms with Crippen LogP contribution in [0, 0.1) is 0 Å². The van der Waals surface area contributed by atoms with E-state index in [2.05, 4.69) is 34.9 Å². The van der Waals surface area contributed by atoms with Crippen LogP contribution in [0.25, 0.3) is 0 Å². The van der Waals surface area contributed by atoms with Crippen molar-refractivity contribution in [2.75, 3.05) is 0 Å². The maximum absolute atomic E-state index is 11.1. The van der Waals surface area contributed by atoms with Gasteiger partial charge < -0.3 is 5.11 Å². The van der Waals surface area contributed by atoms with Gasteiger partial charge in [0.1, 0.15) is 0 Å². The van der Waals surface area contributed by atoms with E-state index in [0.29, 0.717) is 12.8 Å². The average molecular weight is 351 g/mol. The predicted molar refractivity (Wildman–Crippen MR) is 89.3 cm³/mol. The van der Waals surface area contributed by atoms with E-state index in [4.69, 9.17) is 0 Å². The van der Waals surface area contributed by atoms with Gasteiger partial charge in [0.25, 0.3) is 0 Å². The van der Waals surface area contributed by atoms with Crippen LogP contribution in [0.15, 0.2) is 34.8 Å². The molecule has 1 N–H and O–H groups in total. The second-order valence-electron chi connectivity index (χ2n) is 5.30. The van der Waals surface area contributed by atoms with Crippen molar-refractivity contribution in [3.05, 3.63) is 51.8 Å². The van der Waals surface area contributed by atoms with Crippen molar-refractivity contribution in [3.8, 4) is 0 Å². The molecule has 21 heavy (non-hydrogen) atoms. The summed E-state index contributed by atoms with van der Waals surface area (Å²) in [6.45, 7) is 7.01. The first-order valence-corrected chi connectivity index (χ1v) is 8.37. The fourth-order valence-corrected chi connectivity index (χ4v) is 3.35. The molecule has 0 radical (unpaired) electrons. The molecule has 0 fully saturated rings. The maximum atomic E-state index is 11.1. The zero-order valence-electron chi connectivity index (χ0n) is 12.9. The summed E-state index contributed by atoms with van der Waals surface area (Å²) in [7, 11) is 0. The van der Waals surface area contributed by atoms with E-state index >= 15 is 0 Å². The van der Waals surface area contributed by atoms with Gasteiger partial charge in [-0.25, -0.2) is 0 Å². The van der Waals surface area contributed by atoms with Crippen LogP contribution >= 0.6 is 15.9 Å². The monoisotopic (exact) mass is 350 g/mol. The molecule has 0 aliphatic rings. The van der Waals surface area contributed by atoms with Gasteiger partial charge in [0.05, 0.1) is 21.5 Å². The summed E-state index contributed by atoms with van der Waals surface area (Å²) in [5.74, 6) is 0. The summed E-state index contributed by atoms with van der Waals surface area (Å²) < 4.78 is 3.03. The van der Waals surface area contributed by atoms with Crippen LogP contribution in [0.3, 0.4) is 0 Å². The smallest absolute Gasteiger partial charge is 0.0949 e. The van der Waals surface area contributed by atoms with Crippen LogP contribution in [0.2, 0.25) is 0 Å². The van der Waals surface area contributed by atoms with Crippen molar-refractivity contribution >= 4 is 15.9 Å². The van der Waals surface area contributed by atoms with Crippen LogP contribution in [-0.4, -0.2) is 14.9 Å². The number of hydrogen-bond donors (Lipinski definition) is 1. The predicted octanol–water partition coefficient (Wildman–Crippen LogP) is 4.07. The minimum atomic E-state index is -0.859. The van der Waals surface area contributed by atoms with Gasteiger partial charge in [-0.1, -0.05) is 44.2 Å². The summed E-state index contributed by atoms with van der Waals surface area (Å²) in [5, 5.41) is 15.7. The Morgan fingerprint density at radius 1 is 1.19 bits per heavy atom. The van der Waals surface area contributed by atoms with E-state index in [1.54, 1.807) is 0 Å². The molecule has 0 saturated heterocycles. The molecule has 2 rings (SSSR count). The molecule has 2 aromatic rings. The molecule has 1 atom stereocenters. The summed E-state index contributed by atoms with van der Waals surface area (Å²) in [6, 6.07) is 9.90. The molecule has 1 unspecified atom stereocenters. The zero-order chi connectivity index (χ0) is 15.5. The number of benzene rings is 1. The molecular weight excluding hydrogens is 328 g/mol. The molecule has 114 valence electrons. The van der Waals surface area contributed by atoms with E-state index in [1.165, 1.54) is 0 Å². The Balaban J connectivity index is 2.41. The van der Waals surface area contributed by atoms with Crippen molar-refractivity contribution < 1.29 is 5.11 Å². The zero-order valence-corrected chi connectivity index (χ0v) is 14.5. The van der Waals surface area contributed by atoms with Crippen LogP contribution in [0.4, 0.5) is 0 Å². The SMILES string of the molecule is CCc1nn(CC)c(CC(O)(CC)c2ccccc2)c1Br. The molecule has 0 saturated carbocycles. The van der Waals surface area contributed by atoms with E-state index in [0.717, 1.165) is 34.4 Å². The molecule has 0 aliphatic heterocycles. The lowest BCUT2D eigenvalue weighted by Gasteiger charge is -2.28. The number of aromatic nitrogens is 2. The van der Waals surface area contributed by atoms with Gasteiger partial charge in [0, 0.05) is 13.0 Å². The largest absolute Gasteiger partial charge is 0.385 e. The highest BCUT2D eigenvalue weighted by molar-refractivity contribution is 9.10. The molecule has 0 amide bonds. The summed E-state index contributed by atoms with van der Waals surface area (Å²) in [5.41, 5.74) is 2.23. The Bertz CT molecular complexity index is 594. The molecule has 1 heterocycles. The van der Waals surface area contributed by atoms with E-state index in [9.17, 15) is 5.11 Å². The van der Waals surface area contributed by atoms with Gasteiger partial charge in [-0.15, -0.1) is 0 Å². The van der Waals surface area contributed by atoms with Crippen molar-refractivity contribution in [1.82, 2.24) is 9.78 Å². The maximum Gasteiger partial charge on any atom is 0.0949 e. The standard InChI is InChI=1S/C17H23BrN2O/c1-4-14-16(18)15(20(6-3)19-14)12-17(21,5-2)13-10-8-7-9-11-13/h7-11,21H,4-6,12H2,1-3H3. The number of nitrogens with zero attached hydrogens (tertiary/aromatic N) is 2. The van der Waals surface area contributed by atoms with E-state index < -0.39 is 5.60 Å². The number of aryl methyl sites for hydroxylation is 2. The van der Waals surface area contributed by atoms with Crippen LogP contribution in [0.5, 0.6) is 0 Å². The summed E-state index contributed by atoms with van der Waals surface area (Å²) in [6.07, 6.45) is 2.12. The first-order valence-electron chi connectivity index (χ1n) is 7.57. The number of rotatable bonds is 6. The highest BCUT2D eigenvalue weighted by atomic mass is 79.9. The Labute approximate surface area is 135 Å². The lowest BCUT2D eigenvalue weighted by Crippen LogP contribution is -2.29. The highest BCUT2D eigenvalue weighted by Crippen LogP contribution is 2.33. The molecule has 0 aliphatic carbocycles. The van der Waals surface area contributed by atoms with Gasteiger partial charge in [0.15, 0.2) is 0 Å². The lowest BCUT2D eigenvalue weighted by molar-refractivity contribution is 0.0305. The van der Waals surface area contributed by atoms with Crippen LogP contribution in [0.1, 0.15) is 44.1 Å². The first kappa shape index (κ1) is 16.2. The molecular formula is C17H23BrN2O. The summed E-state index contributed by atoms with van der Waals surface area (Å²) in [4.78, 5) is 0. The van der Waals surface area contributed by atoms with Gasteiger partial charge >= 0.3 is 0 Å². The third kappa shape index (κ3) is 3.22. The molecule has 1 aromatic heterocycles. The van der Waals surface area contributed by atoms with E-state index in [1.807, 2.05) is 41.9 Å². The van der Waals surface area contributed by atoms with Gasteiger partial charge in [0.2, 0.25) is 0 Å². The molecule has 4 heteroatoms. The quantitative estimate of drug-likeness (QED) is 0.852. The fraction of sp³-hybridized carbons (Fsp3) is 0.471. The number of aliphatic hydroxyl groups is 1. The third-order valence-corrected chi connectivity index (χ3v) is 4.97. The second-order valence-corrected chi connectivity index (χ2v) is 6.10. The third-order valence-electron chi connectivity index (χ3n) is 4.05.